The smallest absolute Gasteiger partial charge is 0.161 e. The summed E-state index contributed by atoms with van der Waals surface area (Å²) in [6.45, 7) is 3.40. The van der Waals surface area contributed by atoms with Gasteiger partial charge in [-0.25, -0.2) is 4.99 Å². The summed E-state index contributed by atoms with van der Waals surface area (Å²) in [5.74, 6) is 0.405. The number of allylic oxidation sites excluding steroid dienone is 1. The van der Waals surface area contributed by atoms with Crippen LogP contribution < -0.4 is 10.1 Å². The van der Waals surface area contributed by atoms with Crippen molar-refractivity contribution in [2.75, 3.05) is 13.4 Å². The lowest BCUT2D eigenvalue weighted by Gasteiger charge is -2.25. The zero-order valence-electron chi connectivity index (χ0n) is 12.4. The second kappa shape index (κ2) is 6.22. The van der Waals surface area contributed by atoms with Crippen molar-refractivity contribution in [3.8, 4) is 11.5 Å². The molecule has 0 amide bonds. The second-order valence-corrected chi connectivity index (χ2v) is 5.49. The number of nitrogens with zero attached hydrogens (tertiary/aromatic N) is 1. The number of ether oxygens (including phenoxy) is 1. The Balaban J connectivity index is 2.54. The predicted molar refractivity (Wildman–Crippen MR) is 84.9 cm³/mol. The van der Waals surface area contributed by atoms with Crippen LogP contribution in [-0.4, -0.2) is 29.4 Å². The molecule has 0 aromatic heterocycles. The fraction of sp³-hybridized carbons (Fsp3) is 0.333. The Morgan fingerprint density at radius 3 is 2.76 bits per heavy atom. The molecular formula is C15H18N2O3S. The molecule has 1 aromatic rings. The fourth-order valence-electron chi connectivity index (χ4n) is 2.31. The number of benzene rings is 1. The summed E-state index contributed by atoms with van der Waals surface area (Å²) in [5, 5.41) is 13.6. The number of hydrogen-bond acceptors (Lipinski definition) is 6. The molecule has 1 aliphatic heterocycles. The first-order valence-electron chi connectivity index (χ1n) is 6.45. The number of phenols is 1. The Morgan fingerprint density at radius 2 is 2.19 bits per heavy atom. The van der Waals surface area contributed by atoms with Gasteiger partial charge in [0.15, 0.2) is 22.4 Å². The number of hydrogen-bond donors (Lipinski definition) is 2. The van der Waals surface area contributed by atoms with Crippen LogP contribution in [0.3, 0.4) is 0 Å². The van der Waals surface area contributed by atoms with Crippen molar-refractivity contribution in [2.24, 2.45) is 4.99 Å². The normalized spacial score (nSPS) is 18.1. The van der Waals surface area contributed by atoms with Gasteiger partial charge >= 0.3 is 0 Å². The minimum absolute atomic E-state index is 0.0269. The van der Waals surface area contributed by atoms with Gasteiger partial charge in [-0.3, -0.25) is 4.79 Å². The third kappa shape index (κ3) is 3.05. The molecule has 0 aliphatic carbocycles. The lowest BCUT2D eigenvalue weighted by Crippen LogP contribution is -2.28. The summed E-state index contributed by atoms with van der Waals surface area (Å²) in [4.78, 5) is 16.5. The minimum Gasteiger partial charge on any atom is -0.504 e. The third-order valence-electron chi connectivity index (χ3n) is 3.31. The summed E-state index contributed by atoms with van der Waals surface area (Å²) in [6.07, 6.45) is 1.92. The molecule has 112 valence electrons. The molecule has 2 rings (SSSR count). The maximum Gasteiger partial charge on any atom is 0.161 e. The topological polar surface area (TPSA) is 70.9 Å². The number of rotatable bonds is 3. The van der Waals surface area contributed by atoms with Crippen LogP contribution in [0.4, 0.5) is 0 Å². The van der Waals surface area contributed by atoms with Gasteiger partial charge in [-0.1, -0.05) is 17.8 Å². The van der Waals surface area contributed by atoms with E-state index in [2.05, 4.69) is 10.3 Å². The molecule has 0 radical (unpaired) electrons. The second-order valence-electron chi connectivity index (χ2n) is 4.69. The van der Waals surface area contributed by atoms with Gasteiger partial charge in [0.1, 0.15) is 6.04 Å². The van der Waals surface area contributed by atoms with E-state index in [1.54, 1.807) is 18.2 Å². The highest BCUT2D eigenvalue weighted by molar-refractivity contribution is 8.13. The lowest BCUT2D eigenvalue weighted by atomic mass is 9.94. The van der Waals surface area contributed by atoms with Crippen LogP contribution in [0.1, 0.15) is 25.5 Å². The molecule has 1 heterocycles. The van der Waals surface area contributed by atoms with Crippen molar-refractivity contribution in [3.05, 3.63) is 35.0 Å². The first-order valence-corrected chi connectivity index (χ1v) is 7.67. The number of phenolic OH excluding ortho intramolecular Hbond substituents is 1. The van der Waals surface area contributed by atoms with Gasteiger partial charge < -0.3 is 15.2 Å². The van der Waals surface area contributed by atoms with Crippen LogP contribution in [0.2, 0.25) is 0 Å². The Morgan fingerprint density at radius 1 is 1.48 bits per heavy atom. The fourth-order valence-corrected chi connectivity index (χ4v) is 2.78. The highest BCUT2D eigenvalue weighted by Gasteiger charge is 2.27. The molecular weight excluding hydrogens is 288 g/mol. The summed E-state index contributed by atoms with van der Waals surface area (Å²) >= 11 is 1.49. The molecule has 0 saturated carbocycles. The van der Waals surface area contributed by atoms with Crippen molar-refractivity contribution < 1.29 is 14.6 Å². The summed E-state index contributed by atoms with van der Waals surface area (Å²) in [7, 11) is 1.49. The lowest BCUT2D eigenvalue weighted by molar-refractivity contribution is -0.113. The molecule has 1 unspecified atom stereocenters. The van der Waals surface area contributed by atoms with Crippen LogP contribution in [-0.2, 0) is 4.79 Å². The molecule has 1 atom stereocenters. The molecule has 1 aromatic carbocycles. The number of aliphatic imine (C=N–C) groups is 1. The van der Waals surface area contributed by atoms with E-state index in [-0.39, 0.29) is 17.6 Å². The quantitative estimate of drug-likeness (QED) is 0.898. The average molecular weight is 306 g/mol. The van der Waals surface area contributed by atoms with Gasteiger partial charge in [0, 0.05) is 11.3 Å². The number of ketones is 1. The number of thioether (sulfide) groups is 1. The van der Waals surface area contributed by atoms with Crippen LogP contribution in [0.5, 0.6) is 11.5 Å². The van der Waals surface area contributed by atoms with E-state index >= 15 is 0 Å². The van der Waals surface area contributed by atoms with Crippen LogP contribution in [0.25, 0.3) is 0 Å². The molecule has 21 heavy (non-hydrogen) atoms. The number of aromatic hydroxyl groups is 1. The van der Waals surface area contributed by atoms with Crippen LogP contribution >= 0.6 is 11.8 Å². The van der Waals surface area contributed by atoms with Crippen molar-refractivity contribution in [1.29, 1.82) is 0 Å². The van der Waals surface area contributed by atoms with Crippen molar-refractivity contribution >= 4 is 22.7 Å². The van der Waals surface area contributed by atoms with Gasteiger partial charge in [0.2, 0.25) is 0 Å². The monoisotopic (exact) mass is 306 g/mol. The Labute approximate surface area is 128 Å². The highest BCUT2D eigenvalue weighted by atomic mass is 32.2. The first kappa shape index (κ1) is 15.4. The van der Waals surface area contributed by atoms with Gasteiger partial charge in [-0.2, -0.15) is 0 Å². The Hall–Kier alpha value is -1.95. The number of carbonyl (C=O) groups is 1. The Bertz CT molecular complexity index is 638. The molecule has 0 saturated heterocycles. The number of carbonyl (C=O) groups excluding carboxylic acids is 1. The van der Waals surface area contributed by atoms with Gasteiger partial charge in [-0.15, -0.1) is 0 Å². The predicted octanol–water partition coefficient (Wildman–Crippen LogP) is 2.63. The molecule has 0 bridgehead atoms. The first-order chi connectivity index (χ1) is 9.97. The van der Waals surface area contributed by atoms with Crippen molar-refractivity contribution in [2.45, 2.75) is 19.9 Å². The summed E-state index contributed by atoms with van der Waals surface area (Å²) < 4.78 is 5.13. The van der Waals surface area contributed by atoms with E-state index in [0.29, 0.717) is 11.3 Å². The largest absolute Gasteiger partial charge is 0.504 e. The molecule has 5 nitrogen and oxygen atoms in total. The van der Waals surface area contributed by atoms with E-state index < -0.39 is 0 Å². The van der Waals surface area contributed by atoms with E-state index in [9.17, 15) is 9.90 Å². The minimum atomic E-state index is -0.388. The summed E-state index contributed by atoms with van der Waals surface area (Å²) in [6, 6.07) is 4.63. The number of amidine groups is 1. The Kier molecular flexibility index (Phi) is 4.57. The molecule has 0 spiro atoms. The molecule has 6 heteroatoms. The van der Waals surface area contributed by atoms with Gasteiger partial charge in [0.05, 0.1) is 7.11 Å². The molecule has 0 fully saturated rings. The summed E-state index contributed by atoms with van der Waals surface area (Å²) in [5.41, 5.74) is 2.24. The number of Topliss-reactive ketones (excluding diaryl/α,β-unsaturated/α-hetero) is 1. The SMILES string of the molecule is COc1cc(C2N=C(SC)NC(C)=C2C(C)=O)ccc1O. The maximum atomic E-state index is 12.0. The van der Waals surface area contributed by atoms with E-state index in [4.69, 9.17) is 4.74 Å². The highest BCUT2D eigenvalue weighted by Crippen LogP contribution is 2.36. The van der Waals surface area contributed by atoms with Crippen LogP contribution in [0.15, 0.2) is 34.5 Å². The van der Waals surface area contributed by atoms with E-state index in [0.717, 1.165) is 16.4 Å². The maximum absolute atomic E-state index is 12.0. The standard InChI is InChI=1S/C15H18N2O3S/c1-8-13(9(2)18)14(17-15(16-8)21-4)10-5-6-11(19)12(7-10)20-3/h5-7,14,19H,1-4H3,(H,16,17). The number of nitrogens with one attached hydrogen (secondary N) is 1. The van der Waals surface area contributed by atoms with Gasteiger partial charge in [0.25, 0.3) is 0 Å². The zero-order chi connectivity index (χ0) is 15.6. The molecule has 1 aliphatic rings. The third-order valence-corrected chi connectivity index (χ3v) is 3.90. The number of methoxy groups -OCH3 is 1. The van der Waals surface area contributed by atoms with E-state index in [1.807, 2.05) is 13.2 Å². The van der Waals surface area contributed by atoms with Crippen LogP contribution in [0, 0.1) is 0 Å². The van der Waals surface area contributed by atoms with Crippen molar-refractivity contribution in [3.63, 3.8) is 0 Å². The van der Waals surface area contributed by atoms with Gasteiger partial charge in [-0.05, 0) is 37.8 Å². The van der Waals surface area contributed by atoms with E-state index in [1.165, 1.54) is 25.8 Å². The average Bonchev–Trinajstić information content (AvgIpc) is 2.46. The molecule has 2 N–H and O–H groups in total. The van der Waals surface area contributed by atoms with Crippen molar-refractivity contribution in [1.82, 2.24) is 5.32 Å². The zero-order valence-corrected chi connectivity index (χ0v) is 13.2.